The molecule has 1 heterocycles. The topological polar surface area (TPSA) is 106 Å². The second-order valence-electron chi connectivity index (χ2n) is 4.77. The van der Waals surface area contributed by atoms with Gasteiger partial charge in [0.1, 0.15) is 11.4 Å². The normalized spacial score (nSPS) is 11.9. The second-order valence-corrected chi connectivity index (χ2v) is 4.77. The molecule has 0 aliphatic carbocycles. The first kappa shape index (κ1) is 15.7. The number of rotatable bonds is 7. The number of benzene rings is 1. The predicted molar refractivity (Wildman–Crippen MR) is 79.9 cm³/mol. The van der Waals surface area contributed by atoms with E-state index in [2.05, 4.69) is 5.32 Å². The molecule has 22 heavy (non-hydrogen) atoms. The van der Waals surface area contributed by atoms with Crippen molar-refractivity contribution in [3.63, 3.8) is 0 Å². The van der Waals surface area contributed by atoms with E-state index in [0.29, 0.717) is 12.2 Å². The summed E-state index contributed by atoms with van der Waals surface area (Å²) in [7, 11) is 0. The average Bonchev–Trinajstić information content (AvgIpc) is 3.00. The number of Topliss-reactive ketones (excluding diaryl/α,β-unsaturated/α-hetero) is 1. The summed E-state index contributed by atoms with van der Waals surface area (Å²) in [5, 5.41) is 23.3. The zero-order valence-corrected chi connectivity index (χ0v) is 12.0. The molecule has 0 saturated carbocycles. The molecule has 0 spiro atoms. The van der Waals surface area contributed by atoms with E-state index in [4.69, 9.17) is 9.52 Å². The summed E-state index contributed by atoms with van der Waals surface area (Å²) in [5.74, 6) is 0.326. The summed E-state index contributed by atoms with van der Waals surface area (Å²) in [6, 6.07) is 7.28. The number of nitro groups is 1. The van der Waals surface area contributed by atoms with Crippen molar-refractivity contribution in [3.05, 3.63) is 58.0 Å². The smallest absolute Gasteiger partial charge is 0.293 e. The highest BCUT2D eigenvalue weighted by molar-refractivity contribution is 5.95. The Hall–Kier alpha value is -2.67. The van der Waals surface area contributed by atoms with Crippen LogP contribution in [0.4, 0.5) is 11.4 Å². The zero-order chi connectivity index (χ0) is 16.1. The predicted octanol–water partition coefficient (Wildman–Crippen LogP) is 2.93. The number of aliphatic hydroxyl groups excluding tert-OH is 1. The van der Waals surface area contributed by atoms with E-state index in [-0.39, 0.29) is 29.3 Å². The van der Waals surface area contributed by atoms with Crippen molar-refractivity contribution < 1.29 is 19.2 Å². The van der Waals surface area contributed by atoms with Crippen molar-refractivity contribution in [2.24, 2.45) is 0 Å². The Morgan fingerprint density at radius 3 is 2.77 bits per heavy atom. The molecule has 1 atom stereocenters. The van der Waals surface area contributed by atoms with E-state index in [0.717, 1.165) is 0 Å². The van der Waals surface area contributed by atoms with Gasteiger partial charge in [-0.05, 0) is 37.6 Å². The van der Waals surface area contributed by atoms with Crippen LogP contribution in [0.3, 0.4) is 0 Å². The molecule has 0 aliphatic rings. The van der Waals surface area contributed by atoms with Crippen molar-refractivity contribution in [1.29, 1.82) is 0 Å². The number of anilines is 1. The van der Waals surface area contributed by atoms with E-state index in [1.54, 1.807) is 12.1 Å². The molecule has 1 aromatic heterocycles. The Bertz CT molecular complexity index is 667. The Morgan fingerprint density at radius 1 is 1.45 bits per heavy atom. The van der Waals surface area contributed by atoms with Gasteiger partial charge in [0.05, 0.1) is 17.2 Å². The van der Waals surface area contributed by atoms with Gasteiger partial charge in [-0.25, -0.2) is 0 Å². The number of nitro benzene ring substituents is 1. The van der Waals surface area contributed by atoms with Crippen LogP contribution >= 0.6 is 0 Å². The molecule has 0 amide bonds. The van der Waals surface area contributed by atoms with Gasteiger partial charge in [0.15, 0.2) is 5.78 Å². The van der Waals surface area contributed by atoms with Crippen molar-refractivity contribution in [1.82, 2.24) is 0 Å². The van der Waals surface area contributed by atoms with Crippen molar-refractivity contribution in [2.45, 2.75) is 19.4 Å². The minimum Gasteiger partial charge on any atom is -0.467 e. The molecule has 2 N–H and O–H groups in total. The summed E-state index contributed by atoms with van der Waals surface area (Å²) in [5.41, 5.74) is 0.348. The van der Waals surface area contributed by atoms with Crippen LogP contribution < -0.4 is 5.32 Å². The first-order valence-corrected chi connectivity index (χ1v) is 6.73. The molecule has 0 radical (unpaired) electrons. The van der Waals surface area contributed by atoms with Crippen LogP contribution in [0.5, 0.6) is 0 Å². The molecule has 116 valence electrons. The van der Waals surface area contributed by atoms with Gasteiger partial charge in [0.25, 0.3) is 5.69 Å². The molecule has 0 aliphatic heterocycles. The minimum absolute atomic E-state index is 0.0995. The van der Waals surface area contributed by atoms with E-state index >= 15 is 0 Å². The Morgan fingerprint density at radius 2 is 2.23 bits per heavy atom. The number of carbonyl (C=O) groups is 1. The lowest BCUT2D eigenvalue weighted by atomic mass is 10.1. The molecule has 0 fully saturated rings. The maximum absolute atomic E-state index is 11.4. The summed E-state index contributed by atoms with van der Waals surface area (Å²) in [6.07, 6.45) is 1.83. The van der Waals surface area contributed by atoms with Crippen LogP contribution in [-0.2, 0) is 0 Å². The first-order valence-electron chi connectivity index (χ1n) is 6.73. The third-order valence-corrected chi connectivity index (χ3v) is 3.24. The van der Waals surface area contributed by atoms with Gasteiger partial charge in [-0.1, -0.05) is 0 Å². The zero-order valence-electron chi connectivity index (χ0n) is 12.0. The van der Waals surface area contributed by atoms with Gasteiger partial charge in [-0.2, -0.15) is 0 Å². The monoisotopic (exact) mass is 304 g/mol. The minimum atomic E-state index is -0.549. The summed E-state index contributed by atoms with van der Waals surface area (Å²) in [4.78, 5) is 22.0. The molecule has 7 heteroatoms. The standard InChI is InChI=1S/C15H16N2O5/c1-10(19)11-4-5-12(14(9-11)17(20)21)16-13(6-7-18)15-3-2-8-22-15/h2-5,8-9,13,16,18H,6-7H2,1H3. The molecule has 1 unspecified atom stereocenters. The number of furan rings is 1. The molecule has 0 bridgehead atoms. The molecule has 2 rings (SSSR count). The van der Waals surface area contributed by atoms with Gasteiger partial charge in [0, 0.05) is 18.2 Å². The number of hydrogen-bond donors (Lipinski definition) is 2. The van der Waals surface area contributed by atoms with Crippen LogP contribution in [0, 0.1) is 10.1 Å². The van der Waals surface area contributed by atoms with E-state index in [9.17, 15) is 14.9 Å². The fraction of sp³-hybridized carbons (Fsp3) is 0.267. The Kier molecular flexibility index (Phi) is 4.90. The second kappa shape index (κ2) is 6.86. The van der Waals surface area contributed by atoms with Gasteiger partial charge >= 0.3 is 0 Å². The molecule has 1 aromatic carbocycles. The third kappa shape index (κ3) is 3.50. The number of nitrogens with zero attached hydrogens (tertiary/aromatic N) is 1. The molecule has 0 saturated heterocycles. The largest absolute Gasteiger partial charge is 0.467 e. The SMILES string of the molecule is CC(=O)c1ccc(NC(CCO)c2ccco2)c([N+](=O)[O-])c1. The lowest BCUT2D eigenvalue weighted by molar-refractivity contribution is -0.384. The van der Waals surface area contributed by atoms with E-state index in [1.165, 1.54) is 31.4 Å². The van der Waals surface area contributed by atoms with Gasteiger partial charge in [0.2, 0.25) is 0 Å². The van der Waals surface area contributed by atoms with Gasteiger partial charge < -0.3 is 14.8 Å². The molecular weight excluding hydrogens is 288 g/mol. The Balaban J connectivity index is 2.34. The lowest BCUT2D eigenvalue weighted by Crippen LogP contribution is -2.13. The molecule has 2 aromatic rings. The first-order chi connectivity index (χ1) is 10.5. The van der Waals surface area contributed by atoms with Crippen LogP contribution in [0.2, 0.25) is 0 Å². The van der Waals surface area contributed by atoms with Crippen LogP contribution in [0.15, 0.2) is 41.0 Å². The van der Waals surface area contributed by atoms with Crippen LogP contribution in [0.1, 0.15) is 35.5 Å². The van der Waals surface area contributed by atoms with E-state index < -0.39 is 11.0 Å². The quantitative estimate of drug-likeness (QED) is 0.463. The van der Waals surface area contributed by atoms with Crippen LogP contribution in [0.25, 0.3) is 0 Å². The molecule has 7 nitrogen and oxygen atoms in total. The molecular formula is C15H16N2O5. The van der Waals surface area contributed by atoms with E-state index in [1.807, 2.05) is 0 Å². The summed E-state index contributed by atoms with van der Waals surface area (Å²) in [6.45, 7) is 1.25. The maximum atomic E-state index is 11.4. The van der Waals surface area contributed by atoms with Gasteiger partial charge in [-0.15, -0.1) is 0 Å². The maximum Gasteiger partial charge on any atom is 0.293 e. The fourth-order valence-corrected chi connectivity index (χ4v) is 2.12. The summed E-state index contributed by atoms with van der Waals surface area (Å²) >= 11 is 0. The number of ketones is 1. The number of nitrogens with one attached hydrogen (secondary N) is 1. The number of hydrogen-bond acceptors (Lipinski definition) is 6. The highest BCUT2D eigenvalue weighted by atomic mass is 16.6. The van der Waals surface area contributed by atoms with Crippen molar-refractivity contribution in [3.8, 4) is 0 Å². The van der Waals surface area contributed by atoms with Crippen molar-refractivity contribution >= 4 is 17.2 Å². The van der Waals surface area contributed by atoms with Crippen LogP contribution in [-0.4, -0.2) is 22.4 Å². The van der Waals surface area contributed by atoms with Gasteiger partial charge in [-0.3, -0.25) is 14.9 Å². The third-order valence-electron chi connectivity index (χ3n) is 3.24. The average molecular weight is 304 g/mol. The highest BCUT2D eigenvalue weighted by Gasteiger charge is 2.21. The summed E-state index contributed by atoms with van der Waals surface area (Å²) < 4.78 is 5.29. The number of aliphatic hydroxyl groups is 1. The number of carbonyl (C=O) groups excluding carboxylic acids is 1. The highest BCUT2D eigenvalue weighted by Crippen LogP contribution is 2.30. The lowest BCUT2D eigenvalue weighted by Gasteiger charge is -2.17. The van der Waals surface area contributed by atoms with Crippen molar-refractivity contribution in [2.75, 3.05) is 11.9 Å². The fourth-order valence-electron chi connectivity index (χ4n) is 2.12. The Labute approximate surface area is 126 Å².